The van der Waals surface area contributed by atoms with Crippen molar-refractivity contribution in [2.24, 2.45) is 5.41 Å². The third kappa shape index (κ3) is 2.00. The van der Waals surface area contributed by atoms with Gasteiger partial charge in [0.1, 0.15) is 6.10 Å². The van der Waals surface area contributed by atoms with Crippen LogP contribution in [0.3, 0.4) is 0 Å². The van der Waals surface area contributed by atoms with Crippen LogP contribution in [0.25, 0.3) is 0 Å². The van der Waals surface area contributed by atoms with Crippen molar-refractivity contribution in [1.29, 1.82) is 0 Å². The van der Waals surface area contributed by atoms with Crippen molar-refractivity contribution in [3.63, 3.8) is 0 Å². The minimum atomic E-state index is -0.608. The van der Waals surface area contributed by atoms with E-state index >= 15 is 0 Å². The summed E-state index contributed by atoms with van der Waals surface area (Å²) in [5, 5.41) is 18.9. The van der Waals surface area contributed by atoms with Crippen LogP contribution in [0.4, 0.5) is 0 Å². The lowest BCUT2D eigenvalue weighted by Crippen LogP contribution is -2.25. The summed E-state index contributed by atoms with van der Waals surface area (Å²) in [5.74, 6) is 5.70. The van der Waals surface area contributed by atoms with Gasteiger partial charge in [-0.15, -0.1) is 0 Å². The Morgan fingerprint density at radius 2 is 2.07 bits per heavy atom. The van der Waals surface area contributed by atoms with Gasteiger partial charge in [0.2, 0.25) is 0 Å². The van der Waals surface area contributed by atoms with Crippen molar-refractivity contribution < 1.29 is 10.2 Å². The molecular weight excluding hydrogens is 176 g/mol. The van der Waals surface area contributed by atoms with Gasteiger partial charge in [0, 0.05) is 11.0 Å². The molecule has 0 bridgehead atoms. The highest BCUT2D eigenvalue weighted by Crippen LogP contribution is 2.41. The third-order valence-electron chi connectivity index (χ3n) is 2.81. The predicted molar refractivity (Wildman–Crippen MR) is 56.6 cm³/mol. The molecule has 0 amide bonds. The highest BCUT2D eigenvalue weighted by atomic mass is 16.3. The topological polar surface area (TPSA) is 40.5 Å². The molecule has 0 fully saturated rings. The largest absolute Gasteiger partial charge is 0.392 e. The maximum atomic E-state index is 9.79. The maximum Gasteiger partial charge on any atom is 0.112 e. The first-order chi connectivity index (χ1) is 6.35. The lowest BCUT2D eigenvalue weighted by Gasteiger charge is -2.24. The van der Waals surface area contributed by atoms with Crippen molar-refractivity contribution in [1.82, 2.24) is 0 Å². The fourth-order valence-corrected chi connectivity index (χ4v) is 1.81. The molecule has 2 heteroatoms. The second-order valence-electron chi connectivity index (χ2n) is 4.54. The minimum Gasteiger partial charge on any atom is -0.392 e. The van der Waals surface area contributed by atoms with Gasteiger partial charge in [-0.2, -0.15) is 0 Å². The Bertz CT molecular complexity index is 313. The molecule has 0 heterocycles. The van der Waals surface area contributed by atoms with E-state index in [4.69, 9.17) is 5.11 Å². The quantitative estimate of drug-likeness (QED) is 0.573. The molecule has 2 nitrogen and oxygen atoms in total. The van der Waals surface area contributed by atoms with Crippen LogP contribution in [-0.4, -0.2) is 22.4 Å². The predicted octanol–water partition coefficient (Wildman–Crippen LogP) is 1.48. The van der Waals surface area contributed by atoms with Crippen LogP contribution in [0.2, 0.25) is 0 Å². The fourth-order valence-electron chi connectivity index (χ4n) is 1.81. The van der Waals surface area contributed by atoms with Crippen LogP contribution in [-0.2, 0) is 0 Å². The number of hydrogen-bond acceptors (Lipinski definition) is 2. The summed E-state index contributed by atoms with van der Waals surface area (Å²) in [6.45, 7) is 7.60. The van der Waals surface area contributed by atoms with Gasteiger partial charge in [0.05, 0.1) is 6.10 Å². The van der Waals surface area contributed by atoms with Gasteiger partial charge in [0.15, 0.2) is 0 Å². The molecule has 0 aromatic carbocycles. The number of aliphatic hydroxyl groups excluding tert-OH is 2. The molecule has 0 radical (unpaired) electrons. The van der Waals surface area contributed by atoms with E-state index < -0.39 is 6.10 Å². The third-order valence-corrected chi connectivity index (χ3v) is 2.81. The van der Waals surface area contributed by atoms with Gasteiger partial charge < -0.3 is 10.2 Å². The Morgan fingerprint density at radius 3 is 2.43 bits per heavy atom. The summed E-state index contributed by atoms with van der Waals surface area (Å²) in [6.07, 6.45) is -0.263. The van der Waals surface area contributed by atoms with Gasteiger partial charge in [-0.25, -0.2) is 0 Å². The van der Waals surface area contributed by atoms with E-state index in [2.05, 4.69) is 11.8 Å². The molecule has 2 unspecified atom stereocenters. The zero-order chi connectivity index (χ0) is 10.9. The average Bonchev–Trinajstić information content (AvgIpc) is 2.20. The van der Waals surface area contributed by atoms with Crippen molar-refractivity contribution in [3.05, 3.63) is 11.1 Å². The molecule has 78 valence electrons. The van der Waals surface area contributed by atoms with Crippen LogP contribution >= 0.6 is 0 Å². The molecule has 14 heavy (non-hydrogen) atoms. The standard InChI is InChI=1S/C12H18O2/c1-8-7-11(14)12(3,4)10(8)6-5-9(2)13/h9,11,13-14H,7H2,1-4H3. The molecule has 0 aliphatic heterocycles. The number of aliphatic hydroxyl groups is 2. The van der Waals surface area contributed by atoms with Gasteiger partial charge in [0.25, 0.3) is 0 Å². The van der Waals surface area contributed by atoms with E-state index in [1.807, 2.05) is 20.8 Å². The van der Waals surface area contributed by atoms with Crippen LogP contribution in [0, 0.1) is 17.3 Å². The zero-order valence-electron chi connectivity index (χ0n) is 9.26. The van der Waals surface area contributed by atoms with Crippen molar-refractivity contribution in [3.8, 4) is 11.8 Å². The Kier molecular flexibility index (Phi) is 3.04. The Labute approximate surface area is 85.6 Å². The second-order valence-corrected chi connectivity index (χ2v) is 4.54. The van der Waals surface area contributed by atoms with E-state index in [9.17, 15) is 5.11 Å². The van der Waals surface area contributed by atoms with E-state index in [1.54, 1.807) is 6.92 Å². The average molecular weight is 194 g/mol. The Hall–Kier alpha value is -0.780. The minimum absolute atomic E-state index is 0.272. The van der Waals surface area contributed by atoms with E-state index in [0.717, 1.165) is 11.1 Å². The molecule has 0 saturated heterocycles. The molecule has 1 aliphatic rings. The molecular formula is C12H18O2. The molecule has 0 aromatic heterocycles. The number of rotatable bonds is 0. The SMILES string of the molecule is CC1=C(C#CC(C)O)C(C)(C)C(O)C1. The highest BCUT2D eigenvalue weighted by molar-refractivity contribution is 5.43. The summed E-state index contributed by atoms with van der Waals surface area (Å²) in [7, 11) is 0. The van der Waals surface area contributed by atoms with Gasteiger partial charge in [-0.05, 0) is 20.3 Å². The van der Waals surface area contributed by atoms with Gasteiger partial charge in [-0.1, -0.05) is 31.3 Å². The number of hydrogen-bond donors (Lipinski definition) is 2. The smallest absolute Gasteiger partial charge is 0.112 e. The van der Waals surface area contributed by atoms with E-state index in [1.165, 1.54) is 0 Å². The van der Waals surface area contributed by atoms with Crippen molar-refractivity contribution in [2.75, 3.05) is 0 Å². The molecule has 0 saturated carbocycles. The lowest BCUT2D eigenvalue weighted by atomic mass is 9.83. The summed E-state index contributed by atoms with van der Waals surface area (Å²) < 4.78 is 0. The first-order valence-electron chi connectivity index (χ1n) is 4.93. The normalized spacial score (nSPS) is 27.1. The van der Waals surface area contributed by atoms with Crippen LogP contribution in [0.5, 0.6) is 0 Å². The second kappa shape index (κ2) is 3.76. The van der Waals surface area contributed by atoms with Crippen molar-refractivity contribution in [2.45, 2.75) is 46.3 Å². The summed E-state index contributed by atoms with van der Waals surface area (Å²) in [4.78, 5) is 0. The zero-order valence-corrected chi connectivity index (χ0v) is 9.26. The van der Waals surface area contributed by atoms with E-state index in [0.29, 0.717) is 6.42 Å². The fraction of sp³-hybridized carbons (Fsp3) is 0.667. The lowest BCUT2D eigenvalue weighted by molar-refractivity contribution is 0.0925. The highest BCUT2D eigenvalue weighted by Gasteiger charge is 2.38. The molecule has 2 atom stereocenters. The summed E-state index contributed by atoms with van der Waals surface area (Å²) in [6, 6.07) is 0. The molecule has 1 rings (SSSR count). The van der Waals surface area contributed by atoms with Crippen LogP contribution < -0.4 is 0 Å². The summed E-state index contributed by atoms with van der Waals surface area (Å²) >= 11 is 0. The summed E-state index contributed by atoms with van der Waals surface area (Å²) in [5.41, 5.74) is 1.84. The van der Waals surface area contributed by atoms with Crippen molar-refractivity contribution >= 4 is 0 Å². The van der Waals surface area contributed by atoms with Gasteiger partial charge >= 0.3 is 0 Å². The Morgan fingerprint density at radius 1 is 1.50 bits per heavy atom. The van der Waals surface area contributed by atoms with Gasteiger partial charge in [-0.3, -0.25) is 0 Å². The first-order valence-corrected chi connectivity index (χ1v) is 4.93. The molecule has 1 aliphatic carbocycles. The maximum absolute atomic E-state index is 9.79. The Balaban J connectivity index is 2.99. The van der Waals surface area contributed by atoms with E-state index in [-0.39, 0.29) is 11.5 Å². The monoisotopic (exact) mass is 194 g/mol. The van der Waals surface area contributed by atoms with Crippen LogP contribution in [0.1, 0.15) is 34.1 Å². The van der Waals surface area contributed by atoms with Crippen LogP contribution in [0.15, 0.2) is 11.1 Å². The first kappa shape index (κ1) is 11.3. The molecule has 2 N–H and O–H groups in total. The molecule has 0 spiro atoms. The molecule has 0 aromatic rings.